The number of anilines is 1. The Morgan fingerprint density at radius 2 is 2.04 bits per heavy atom. The average Bonchev–Trinajstić information content (AvgIpc) is 3.11. The minimum atomic E-state index is -0.374. The lowest BCUT2D eigenvalue weighted by atomic mass is 10.2. The van der Waals surface area contributed by atoms with Crippen molar-refractivity contribution in [2.45, 2.75) is 24.3 Å². The van der Waals surface area contributed by atoms with E-state index in [1.165, 1.54) is 11.8 Å². The number of nitrogens with one attached hydrogen (secondary N) is 2. The standard InChI is InChI=1S/C18H19N5O2S/c1-11-4-5-15(25-3)14(10-11)20-17(24)12(2)26-18-21-16(22-23-18)13-6-8-19-9-7-13/h4-10,12H,1-3H3,(H,20,24)(H,21,22,23)/t12-/m0/s1. The number of hydrogen-bond donors (Lipinski definition) is 2. The van der Waals surface area contributed by atoms with E-state index in [-0.39, 0.29) is 11.2 Å². The van der Waals surface area contributed by atoms with E-state index in [9.17, 15) is 4.79 Å². The Morgan fingerprint density at radius 1 is 1.27 bits per heavy atom. The van der Waals surface area contributed by atoms with Crippen LogP contribution in [-0.4, -0.2) is 38.4 Å². The van der Waals surface area contributed by atoms with Crippen LogP contribution in [0.2, 0.25) is 0 Å². The maximum Gasteiger partial charge on any atom is 0.237 e. The van der Waals surface area contributed by atoms with Crippen LogP contribution in [0.15, 0.2) is 47.9 Å². The number of carbonyl (C=O) groups excluding carboxylic acids is 1. The molecule has 26 heavy (non-hydrogen) atoms. The van der Waals surface area contributed by atoms with Crippen LogP contribution >= 0.6 is 11.8 Å². The Labute approximate surface area is 155 Å². The van der Waals surface area contributed by atoms with Gasteiger partial charge in [0.1, 0.15) is 5.75 Å². The number of rotatable bonds is 6. The summed E-state index contributed by atoms with van der Waals surface area (Å²) in [7, 11) is 1.58. The SMILES string of the molecule is COc1ccc(C)cc1NC(=O)[C@H](C)Sc1n[nH]c(-c2ccncc2)n1. The number of ether oxygens (including phenoxy) is 1. The largest absolute Gasteiger partial charge is 0.495 e. The predicted molar refractivity (Wildman–Crippen MR) is 101 cm³/mol. The van der Waals surface area contributed by atoms with Crippen LogP contribution in [0.1, 0.15) is 12.5 Å². The minimum Gasteiger partial charge on any atom is -0.495 e. The number of nitrogens with zero attached hydrogens (tertiary/aromatic N) is 3. The summed E-state index contributed by atoms with van der Waals surface area (Å²) in [6.07, 6.45) is 3.38. The van der Waals surface area contributed by atoms with Gasteiger partial charge in [0.05, 0.1) is 18.0 Å². The Hall–Kier alpha value is -2.87. The fourth-order valence-corrected chi connectivity index (χ4v) is 3.03. The lowest BCUT2D eigenvalue weighted by molar-refractivity contribution is -0.115. The van der Waals surface area contributed by atoms with E-state index in [2.05, 4.69) is 25.5 Å². The lowest BCUT2D eigenvalue weighted by Crippen LogP contribution is -2.22. The third kappa shape index (κ3) is 4.20. The summed E-state index contributed by atoms with van der Waals surface area (Å²) in [5.74, 6) is 1.12. The zero-order valence-electron chi connectivity index (χ0n) is 14.7. The third-order valence-electron chi connectivity index (χ3n) is 3.68. The van der Waals surface area contributed by atoms with Crippen molar-refractivity contribution in [1.82, 2.24) is 20.2 Å². The highest BCUT2D eigenvalue weighted by Gasteiger charge is 2.19. The van der Waals surface area contributed by atoms with Crippen molar-refractivity contribution >= 4 is 23.4 Å². The van der Waals surface area contributed by atoms with Gasteiger partial charge < -0.3 is 10.1 Å². The first kappa shape index (κ1) is 17.9. The Kier molecular flexibility index (Phi) is 5.52. The number of aromatic amines is 1. The first-order valence-corrected chi connectivity index (χ1v) is 8.89. The number of hydrogen-bond acceptors (Lipinski definition) is 6. The zero-order valence-corrected chi connectivity index (χ0v) is 15.5. The summed E-state index contributed by atoms with van der Waals surface area (Å²) >= 11 is 1.28. The van der Waals surface area contributed by atoms with Crippen LogP contribution in [0.5, 0.6) is 5.75 Å². The molecule has 2 aromatic heterocycles. The Bertz CT molecular complexity index is 898. The third-order valence-corrected chi connectivity index (χ3v) is 4.64. The number of amides is 1. The fourth-order valence-electron chi connectivity index (χ4n) is 2.30. The first-order chi connectivity index (χ1) is 12.6. The Morgan fingerprint density at radius 3 is 2.77 bits per heavy atom. The molecule has 0 saturated carbocycles. The van der Waals surface area contributed by atoms with Crippen LogP contribution in [0.4, 0.5) is 5.69 Å². The second kappa shape index (κ2) is 8.01. The van der Waals surface area contributed by atoms with E-state index >= 15 is 0 Å². The van der Waals surface area contributed by atoms with Crippen LogP contribution in [0, 0.1) is 6.92 Å². The minimum absolute atomic E-state index is 0.144. The highest BCUT2D eigenvalue weighted by Crippen LogP contribution is 2.27. The molecule has 7 nitrogen and oxygen atoms in total. The summed E-state index contributed by atoms with van der Waals surface area (Å²) in [5, 5.41) is 10.1. The van der Waals surface area contributed by atoms with E-state index < -0.39 is 0 Å². The van der Waals surface area contributed by atoms with Crippen LogP contribution < -0.4 is 10.1 Å². The number of H-pyrrole nitrogens is 1. The molecule has 8 heteroatoms. The van der Waals surface area contributed by atoms with Gasteiger partial charge in [-0.2, -0.15) is 0 Å². The molecule has 3 aromatic rings. The summed E-state index contributed by atoms with van der Waals surface area (Å²) in [6, 6.07) is 9.33. The molecular weight excluding hydrogens is 350 g/mol. The molecule has 0 unspecified atom stereocenters. The van der Waals surface area contributed by atoms with Crippen molar-refractivity contribution in [1.29, 1.82) is 0 Å². The second-order valence-electron chi connectivity index (χ2n) is 5.66. The van der Waals surface area contributed by atoms with E-state index in [1.54, 1.807) is 19.5 Å². The normalized spacial score (nSPS) is 11.8. The van der Waals surface area contributed by atoms with Crippen LogP contribution in [0.25, 0.3) is 11.4 Å². The number of benzene rings is 1. The van der Waals surface area contributed by atoms with Gasteiger partial charge in [0.15, 0.2) is 5.82 Å². The van der Waals surface area contributed by atoms with Crippen molar-refractivity contribution in [2.75, 3.05) is 12.4 Å². The highest BCUT2D eigenvalue weighted by molar-refractivity contribution is 8.00. The quantitative estimate of drug-likeness (QED) is 0.648. The zero-order chi connectivity index (χ0) is 18.5. The highest BCUT2D eigenvalue weighted by atomic mass is 32.2. The Balaban J connectivity index is 1.67. The van der Waals surface area contributed by atoms with E-state index in [0.29, 0.717) is 22.4 Å². The second-order valence-corrected chi connectivity index (χ2v) is 6.96. The molecule has 0 saturated heterocycles. The van der Waals surface area contributed by atoms with Crippen molar-refractivity contribution in [3.63, 3.8) is 0 Å². The molecule has 1 aromatic carbocycles. The van der Waals surface area contributed by atoms with Crippen molar-refractivity contribution < 1.29 is 9.53 Å². The predicted octanol–water partition coefficient (Wildman–Crippen LogP) is 3.30. The van der Waals surface area contributed by atoms with Gasteiger partial charge in [-0.15, -0.1) is 5.10 Å². The molecule has 0 bridgehead atoms. The molecule has 2 N–H and O–H groups in total. The van der Waals surface area contributed by atoms with Crippen molar-refractivity contribution in [3.05, 3.63) is 48.3 Å². The molecule has 0 fully saturated rings. The lowest BCUT2D eigenvalue weighted by Gasteiger charge is -2.13. The number of thioether (sulfide) groups is 1. The van der Waals surface area contributed by atoms with Gasteiger partial charge in [0.2, 0.25) is 11.1 Å². The molecule has 1 atom stereocenters. The van der Waals surface area contributed by atoms with Gasteiger partial charge in [0, 0.05) is 18.0 Å². The molecule has 3 rings (SSSR count). The number of aromatic nitrogens is 4. The van der Waals surface area contributed by atoms with Gasteiger partial charge >= 0.3 is 0 Å². The molecule has 0 aliphatic carbocycles. The van der Waals surface area contributed by atoms with Crippen LogP contribution in [-0.2, 0) is 4.79 Å². The maximum absolute atomic E-state index is 12.5. The van der Waals surface area contributed by atoms with Crippen LogP contribution in [0.3, 0.4) is 0 Å². The maximum atomic E-state index is 12.5. The molecule has 0 aliphatic rings. The smallest absolute Gasteiger partial charge is 0.237 e. The van der Waals surface area contributed by atoms with Gasteiger partial charge in [-0.05, 0) is 43.7 Å². The molecule has 134 valence electrons. The monoisotopic (exact) mass is 369 g/mol. The van der Waals surface area contributed by atoms with Crippen molar-refractivity contribution in [3.8, 4) is 17.1 Å². The van der Waals surface area contributed by atoms with E-state index in [0.717, 1.165) is 11.1 Å². The summed E-state index contributed by atoms with van der Waals surface area (Å²) in [4.78, 5) is 20.9. The molecule has 2 heterocycles. The number of aryl methyl sites for hydroxylation is 1. The molecule has 0 spiro atoms. The molecule has 0 radical (unpaired) electrons. The summed E-state index contributed by atoms with van der Waals surface area (Å²) < 4.78 is 5.30. The van der Waals surface area contributed by atoms with Gasteiger partial charge in [-0.3, -0.25) is 14.9 Å². The van der Waals surface area contributed by atoms with Crippen molar-refractivity contribution in [2.24, 2.45) is 0 Å². The molecule has 0 aliphatic heterocycles. The molecule has 1 amide bonds. The molecular formula is C18H19N5O2S. The summed E-state index contributed by atoms with van der Waals surface area (Å²) in [6.45, 7) is 3.77. The van der Waals surface area contributed by atoms with Gasteiger partial charge in [-0.1, -0.05) is 17.8 Å². The van der Waals surface area contributed by atoms with E-state index in [1.807, 2.05) is 44.2 Å². The number of methoxy groups -OCH3 is 1. The van der Waals surface area contributed by atoms with Gasteiger partial charge in [-0.25, -0.2) is 4.98 Å². The average molecular weight is 369 g/mol. The number of pyridine rings is 1. The fraction of sp³-hybridized carbons (Fsp3) is 0.222. The van der Waals surface area contributed by atoms with Gasteiger partial charge in [0.25, 0.3) is 0 Å². The first-order valence-electron chi connectivity index (χ1n) is 8.02. The number of carbonyl (C=O) groups is 1. The topological polar surface area (TPSA) is 92.8 Å². The summed E-state index contributed by atoms with van der Waals surface area (Å²) in [5.41, 5.74) is 2.58. The van der Waals surface area contributed by atoms with E-state index in [4.69, 9.17) is 4.74 Å².